The molecule has 1 fully saturated rings. The maximum Gasteiger partial charge on any atom is 0.265 e. The molecule has 1 unspecified atom stereocenters. The Bertz CT molecular complexity index is 542. The number of piperidine rings is 1. The van der Waals surface area contributed by atoms with Gasteiger partial charge in [-0.15, -0.1) is 12.3 Å². The second-order valence-corrected chi connectivity index (χ2v) is 6.30. The highest BCUT2D eigenvalue weighted by atomic mass is 32.1. The number of aromatic nitrogens is 1. The zero-order valence-electron chi connectivity index (χ0n) is 12.1. The molecule has 1 aromatic heterocycles. The van der Waals surface area contributed by atoms with Gasteiger partial charge in [0.15, 0.2) is 5.13 Å². The van der Waals surface area contributed by atoms with Gasteiger partial charge in [-0.05, 0) is 19.8 Å². The van der Waals surface area contributed by atoms with E-state index in [1.165, 1.54) is 11.3 Å². The van der Waals surface area contributed by atoms with E-state index in [1.54, 1.807) is 0 Å². The third-order valence-electron chi connectivity index (χ3n) is 3.46. The molecule has 114 valence electrons. The summed E-state index contributed by atoms with van der Waals surface area (Å²) in [6, 6.07) is 0.173. The van der Waals surface area contributed by atoms with Gasteiger partial charge in [-0.3, -0.25) is 4.79 Å². The number of thiazole rings is 1. The molecule has 0 bridgehead atoms. The van der Waals surface area contributed by atoms with Crippen molar-refractivity contribution < 1.29 is 4.79 Å². The van der Waals surface area contributed by atoms with Crippen LogP contribution in [-0.2, 0) is 0 Å². The summed E-state index contributed by atoms with van der Waals surface area (Å²) in [7, 11) is 0. The topological polar surface area (TPSA) is 97.3 Å². The number of hydrogen-bond donors (Lipinski definition) is 3. The molecule has 7 heteroatoms. The van der Waals surface area contributed by atoms with E-state index < -0.39 is 0 Å². The molecule has 1 aromatic rings. The smallest absolute Gasteiger partial charge is 0.265 e. The highest BCUT2D eigenvalue weighted by molar-refractivity contribution is 7.18. The van der Waals surface area contributed by atoms with Crippen molar-refractivity contribution in [3.05, 3.63) is 4.88 Å². The van der Waals surface area contributed by atoms with Gasteiger partial charge in [-0.2, -0.15) is 0 Å². The Morgan fingerprint density at radius 2 is 2.29 bits per heavy atom. The Morgan fingerprint density at radius 3 is 2.90 bits per heavy atom. The van der Waals surface area contributed by atoms with Crippen LogP contribution < -0.4 is 21.7 Å². The first kappa shape index (κ1) is 15.6. The van der Waals surface area contributed by atoms with Gasteiger partial charge in [0.2, 0.25) is 0 Å². The maximum absolute atomic E-state index is 12.2. The van der Waals surface area contributed by atoms with Crippen molar-refractivity contribution in [3.63, 3.8) is 0 Å². The van der Waals surface area contributed by atoms with Crippen molar-refractivity contribution in [3.8, 4) is 12.3 Å². The predicted molar refractivity (Wildman–Crippen MR) is 86.3 cm³/mol. The van der Waals surface area contributed by atoms with E-state index in [0.29, 0.717) is 11.3 Å². The van der Waals surface area contributed by atoms with Crippen molar-refractivity contribution in [2.75, 3.05) is 23.7 Å². The lowest BCUT2D eigenvalue weighted by Crippen LogP contribution is -2.39. The highest BCUT2D eigenvalue weighted by Crippen LogP contribution is 2.29. The summed E-state index contributed by atoms with van der Waals surface area (Å²) < 4.78 is 0. The van der Waals surface area contributed by atoms with Crippen molar-refractivity contribution in [2.24, 2.45) is 5.73 Å². The Morgan fingerprint density at radius 1 is 1.62 bits per heavy atom. The Kier molecular flexibility index (Phi) is 5.04. The van der Waals surface area contributed by atoms with Crippen LogP contribution in [0.5, 0.6) is 0 Å². The zero-order chi connectivity index (χ0) is 15.4. The van der Waals surface area contributed by atoms with E-state index in [4.69, 9.17) is 17.9 Å². The van der Waals surface area contributed by atoms with Gasteiger partial charge < -0.3 is 21.7 Å². The van der Waals surface area contributed by atoms with Crippen LogP contribution in [0.2, 0.25) is 0 Å². The average Bonchev–Trinajstić information content (AvgIpc) is 2.82. The molecule has 0 radical (unpaired) electrons. The molecule has 5 N–H and O–H groups in total. The number of anilines is 2. The molecule has 1 saturated heterocycles. The number of hydrogen-bond acceptors (Lipinski definition) is 6. The summed E-state index contributed by atoms with van der Waals surface area (Å²) >= 11 is 1.32. The average molecular weight is 307 g/mol. The minimum absolute atomic E-state index is 0.0829. The fourth-order valence-electron chi connectivity index (χ4n) is 2.23. The van der Waals surface area contributed by atoms with Gasteiger partial charge in [0.05, 0.1) is 0 Å². The summed E-state index contributed by atoms with van der Waals surface area (Å²) in [4.78, 5) is 19.1. The minimum Gasteiger partial charge on any atom is -0.382 e. The Balaban J connectivity index is 2.05. The lowest BCUT2D eigenvalue weighted by molar-refractivity contribution is 0.0945. The number of carbonyl (C=O) groups is 1. The first-order chi connectivity index (χ1) is 10.0. The normalized spacial score (nSPS) is 17.3. The number of terminal acetylenes is 1. The maximum atomic E-state index is 12.2. The van der Waals surface area contributed by atoms with Crippen LogP contribution in [-0.4, -0.2) is 36.1 Å². The lowest BCUT2D eigenvalue weighted by atomic mass is 10.1. The molecule has 6 nitrogen and oxygen atoms in total. The molecule has 21 heavy (non-hydrogen) atoms. The molecule has 1 aliphatic heterocycles. The van der Waals surface area contributed by atoms with Gasteiger partial charge in [0, 0.05) is 31.6 Å². The fraction of sp³-hybridized carbons (Fsp3) is 0.571. The van der Waals surface area contributed by atoms with E-state index in [-0.39, 0.29) is 23.8 Å². The molecular formula is C14H21N5OS. The SMILES string of the molecule is C#CCC(C)NC(=O)c1sc(N2CCC(N)CC2)nc1N. The van der Waals surface area contributed by atoms with Gasteiger partial charge in [0.25, 0.3) is 5.91 Å². The molecule has 0 spiro atoms. The van der Waals surface area contributed by atoms with E-state index >= 15 is 0 Å². The van der Waals surface area contributed by atoms with Crippen molar-refractivity contribution in [1.82, 2.24) is 10.3 Å². The van der Waals surface area contributed by atoms with E-state index in [9.17, 15) is 4.79 Å². The fourth-order valence-corrected chi connectivity index (χ4v) is 3.17. The number of nitrogens with one attached hydrogen (secondary N) is 1. The van der Waals surface area contributed by atoms with Crippen LogP contribution in [0.3, 0.4) is 0 Å². The minimum atomic E-state index is -0.215. The standard InChI is InChI=1S/C14H21N5OS/c1-3-4-9(2)17-13(20)11-12(16)18-14(21-11)19-7-5-10(15)6-8-19/h1,9-10H,4-8,15-16H2,2H3,(H,17,20). The summed E-state index contributed by atoms with van der Waals surface area (Å²) in [5.41, 5.74) is 11.8. The van der Waals surface area contributed by atoms with Crippen LogP contribution in [0.15, 0.2) is 0 Å². The molecule has 2 rings (SSSR count). The number of rotatable bonds is 4. The molecule has 0 aromatic carbocycles. The number of nitrogens with zero attached hydrogens (tertiary/aromatic N) is 2. The molecule has 1 atom stereocenters. The summed E-state index contributed by atoms with van der Waals surface area (Å²) in [5, 5.41) is 3.62. The highest BCUT2D eigenvalue weighted by Gasteiger charge is 2.23. The van der Waals surface area contributed by atoms with Gasteiger partial charge in [-0.1, -0.05) is 11.3 Å². The molecule has 1 aliphatic rings. The van der Waals surface area contributed by atoms with Crippen LogP contribution in [0.4, 0.5) is 10.9 Å². The van der Waals surface area contributed by atoms with Gasteiger partial charge in [0.1, 0.15) is 10.7 Å². The van der Waals surface area contributed by atoms with E-state index in [2.05, 4.69) is 21.1 Å². The third-order valence-corrected chi connectivity index (χ3v) is 4.59. The van der Waals surface area contributed by atoms with Crippen molar-refractivity contribution >= 4 is 28.2 Å². The quantitative estimate of drug-likeness (QED) is 0.715. The van der Waals surface area contributed by atoms with Crippen LogP contribution >= 0.6 is 11.3 Å². The number of amides is 1. The number of nitrogen functional groups attached to an aromatic ring is 1. The van der Waals surface area contributed by atoms with Gasteiger partial charge in [-0.25, -0.2) is 4.98 Å². The molecule has 0 saturated carbocycles. The first-order valence-electron chi connectivity index (χ1n) is 7.02. The number of carbonyl (C=O) groups excluding carboxylic acids is 1. The Labute approximate surface area is 128 Å². The first-order valence-corrected chi connectivity index (χ1v) is 7.84. The number of nitrogens with two attached hydrogens (primary N) is 2. The summed E-state index contributed by atoms with van der Waals surface area (Å²) in [6.45, 7) is 3.56. The van der Waals surface area contributed by atoms with E-state index in [1.807, 2.05) is 6.92 Å². The molecule has 1 amide bonds. The van der Waals surface area contributed by atoms with Crippen molar-refractivity contribution in [2.45, 2.75) is 38.3 Å². The summed E-state index contributed by atoms with van der Waals surface area (Å²) in [5.74, 6) is 2.58. The monoisotopic (exact) mass is 307 g/mol. The summed E-state index contributed by atoms with van der Waals surface area (Å²) in [6.07, 6.45) is 7.58. The largest absolute Gasteiger partial charge is 0.382 e. The third kappa shape index (κ3) is 3.86. The van der Waals surface area contributed by atoms with Gasteiger partial charge >= 0.3 is 0 Å². The molecule has 0 aliphatic carbocycles. The Hall–Kier alpha value is -1.78. The zero-order valence-corrected chi connectivity index (χ0v) is 12.9. The van der Waals surface area contributed by atoms with Crippen LogP contribution in [0.1, 0.15) is 35.9 Å². The van der Waals surface area contributed by atoms with Crippen molar-refractivity contribution in [1.29, 1.82) is 0 Å². The van der Waals surface area contributed by atoms with Crippen LogP contribution in [0, 0.1) is 12.3 Å². The molecule has 2 heterocycles. The second kappa shape index (κ2) is 6.78. The lowest BCUT2D eigenvalue weighted by Gasteiger charge is -2.29. The second-order valence-electron chi connectivity index (χ2n) is 5.32. The predicted octanol–water partition coefficient (Wildman–Crippen LogP) is 0.794. The van der Waals surface area contributed by atoms with Crippen LogP contribution in [0.25, 0.3) is 0 Å². The molecular weight excluding hydrogens is 286 g/mol. The van der Waals surface area contributed by atoms with E-state index in [0.717, 1.165) is 31.1 Å².